The van der Waals surface area contributed by atoms with E-state index in [1.807, 2.05) is 60.7 Å². The molecule has 260 valence electrons. The largest absolute Gasteiger partial charge is 0.455 e. The van der Waals surface area contributed by atoms with E-state index < -0.39 is 0 Å². The summed E-state index contributed by atoms with van der Waals surface area (Å²) in [5.41, 5.74) is 7.73. The molecular formula is C51H30N4O. The van der Waals surface area contributed by atoms with Crippen LogP contribution in [0.3, 0.4) is 0 Å². The molecule has 12 rings (SSSR count). The van der Waals surface area contributed by atoms with Crippen LogP contribution in [0.5, 0.6) is 0 Å². The van der Waals surface area contributed by atoms with Crippen LogP contribution in [0.25, 0.3) is 116 Å². The number of hydrogen-bond acceptors (Lipinski definition) is 4. The molecule has 9 aromatic carbocycles. The first-order valence-electron chi connectivity index (χ1n) is 18.9. The third-order valence-corrected chi connectivity index (χ3v) is 11.2. The van der Waals surface area contributed by atoms with E-state index in [2.05, 4.69) is 126 Å². The minimum atomic E-state index is 0.594. The summed E-state index contributed by atoms with van der Waals surface area (Å²) in [6.07, 6.45) is 0. The molecule has 0 amide bonds. The summed E-state index contributed by atoms with van der Waals surface area (Å²) in [7, 11) is 0. The van der Waals surface area contributed by atoms with Crippen LogP contribution in [-0.2, 0) is 0 Å². The molecule has 0 fully saturated rings. The van der Waals surface area contributed by atoms with Crippen molar-refractivity contribution in [3.63, 3.8) is 0 Å². The van der Waals surface area contributed by atoms with Crippen LogP contribution >= 0.6 is 0 Å². The van der Waals surface area contributed by atoms with Crippen LogP contribution in [0.1, 0.15) is 0 Å². The quantitative estimate of drug-likeness (QED) is 0.182. The summed E-state index contributed by atoms with van der Waals surface area (Å²) in [6, 6.07) is 63.9. The number of furan rings is 1. The van der Waals surface area contributed by atoms with Gasteiger partial charge >= 0.3 is 0 Å². The zero-order valence-electron chi connectivity index (χ0n) is 30.0. The maximum Gasteiger partial charge on any atom is 0.164 e. The van der Waals surface area contributed by atoms with Crippen molar-refractivity contribution in [3.05, 3.63) is 182 Å². The molecule has 0 aliphatic carbocycles. The van der Waals surface area contributed by atoms with Gasteiger partial charge in [0.1, 0.15) is 11.2 Å². The highest BCUT2D eigenvalue weighted by Crippen LogP contribution is 2.44. The molecular weight excluding hydrogens is 685 g/mol. The molecule has 0 atom stereocenters. The summed E-state index contributed by atoms with van der Waals surface area (Å²) in [5, 5.41) is 11.4. The van der Waals surface area contributed by atoms with Crippen molar-refractivity contribution in [2.45, 2.75) is 0 Å². The van der Waals surface area contributed by atoms with Gasteiger partial charge in [-0.25, -0.2) is 15.0 Å². The topological polar surface area (TPSA) is 56.7 Å². The lowest BCUT2D eigenvalue weighted by molar-refractivity contribution is 0.672. The Hall–Kier alpha value is -7.63. The molecule has 5 heteroatoms. The lowest BCUT2D eigenvalue weighted by Crippen LogP contribution is -2.00. The van der Waals surface area contributed by atoms with Crippen molar-refractivity contribution in [1.29, 1.82) is 0 Å². The highest BCUT2D eigenvalue weighted by atomic mass is 16.3. The maximum atomic E-state index is 6.84. The minimum Gasteiger partial charge on any atom is -0.455 e. The summed E-state index contributed by atoms with van der Waals surface area (Å²) >= 11 is 0. The van der Waals surface area contributed by atoms with Gasteiger partial charge in [-0.2, -0.15) is 0 Å². The first-order valence-corrected chi connectivity index (χ1v) is 18.9. The van der Waals surface area contributed by atoms with Crippen molar-refractivity contribution >= 4 is 76.1 Å². The van der Waals surface area contributed by atoms with E-state index in [-0.39, 0.29) is 0 Å². The molecule has 56 heavy (non-hydrogen) atoms. The Kier molecular flexibility index (Phi) is 6.56. The van der Waals surface area contributed by atoms with Crippen LogP contribution in [0.15, 0.2) is 186 Å². The molecule has 0 saturated carbocycles. The normalized spacial score (nSPS) is 11.9. The first kappa shape index (κ1) is 30.8. The van der Waals surface area contributed by atoms with E-state index in [1.54, 1.807) is 0 Å². The lowest BCUT2D eigenvalue weighted by Gasteiger charge is -2.11. The number of fused-ring (bicyclic) bond motifs is 11. The average molecular weight is 715 g/mol. The summed E-state index contributed by atoms with van der Waals surface area (Å²) in [4.78, 5) is 15.4. The predicted octanol–water partition coefficient (Wildman–Crippen LogP) is 13.3. The van der Waals surface area contributed by atoms with Crippen LogP contribution in [0.2, 0.25) is 0 Å². The number of nitrogens with zero attached hydrogens (tertiary/aromatic N) is 4. The highest BCUT2D eigenvalue weighted by Gasteiger charge is 2.22. The van der Waals surface area contributed by atoms with Crippen LogP contribution in [-0.4, -0.2) is 19.5 Å². The van der Waals surface area contributed by atoms with E-state index in [0.717, 1.165) is 66.1 Å². The van der Waals surface area contributed by atoms with Gasteiger partial charge in [-0.1, -0.05) is 140 Å². The third kappa shape index (κ3) is 4.64. The van der Waals surface area contributed by atoms with Gasteiger partial charge in [0.05, 0.1) is 11.0 Å². The minimum absolute atomic E-state index is 0.594. The zero-order chi connectivity index (χ0) is 36.7. The van der Waals surface area contributed by atoms with E-state index in [4.69, 9.17) is 19.4 Å². The van der Waals surface area contributed by atoms with Gasteiger partial charge in [0.25, 0.3) is 0 Å². The molecule has 0 unspecified atom stereocenters. The second-order valence-electron chi connectivity index (χ2n) is 14.4. The van der Waals surface area contributed by atoms with Crippen molar-refractivity contribution < 1.29 is 4.42 Å². The molecule has 12 aromatic rings. The Bertz CT molecular complexity index is 3470. The van der Waals surface area contributed by atoms with Crippen molar-refractivity contribution in [3.8, 4) is 39.9 Å². The molecule has 0 N–H and O–H groups in total. The smallest absolute Gasteiger partial charge is 0.164 e. The van der Waals surface area contributed by atoms with E-state index >= 15 is 0 Å². The number of benzene rings is 9. The molecule has 0 radical (unpaired) electrons. The Morgan fingerprint density at radius 1 is 0.375 bits per heavy atom. The number of rotatable bonds is 4. The fourth-order valence-electron chi connectivity index (χ4n) is 8.60. The molecule has 3 heterocycles. The Balaban J connectivity index is 1.18. The molecule has 0 aliphatic heterocycles. The Labute approximate surface area is 320 Å². The fourth-order valence-corrected chi connectivity index (χ4v) is 8.60. The molecule has 0 saturated heterocycles. The van der Waals surface area contributed by atoms with E-state index in [1.165, 1.54) is 32.3 Å². The van der Waals surface area contributed by atoms with Crippen LogP contribution < -0.4 is 0 Å². The molecule has 5 nitrogen and oxygen atoms in total. The number of hydrogen-bond donors (Lipinski definition) is 0. The second kappa shape index (κ2) is 11.9. The monoisotopic (exact) mass is 714 g/mol. The van der Waals surface area contributed by atoms with E-state index in [9.17, 15) is 0 Å². The number of aromatic nitrogens is 4. The van der Waals surface area contributed by atoms with Crippen LogP contribution in [0, 0.1) is 0 Å². The maximum absolute atomic E-state index is 6.84. The second-order valence-corrected chi connectivity index (χ2v) is 14.4. The fraction of sp³-hybridized carbons (Fsp3) is 0. The van der Waals surface area contributed by atoms with Gasteiger partial charge in [0.2, 0.25) is 0 Å². The van der Waals surface area contributed by atoms with Gasteiger partial charge in [0, 0.05) is 49.3 Å². The first-order chi connectivity index (χ1) is 27.7. The highest BCUT2D eigenvalue weighted by molar-refractivity contribution is 6.24. The average Bonchev–Trinajstić information content (AvgIpc) is 3.81. The van der Waals surface area contributed by atoms with Gasteiger partial charge < -0.3 is 8.98 Å². The standard InChI is InChI=1S/C51H30N4O/c1-3-14-32(15-4-1)49-52-50(33-16-5-2-6-17-33)54-51(53-49)42-28-36-20-10-12-22-39(36)48-47(42)41-30-37(24-26-45(41)56-48)55-43-25-23-31-13-9-11-21-38(31)46(43)40-27-34-18-7-8-19-35(34)29-44(40)55/h1-30H. The van der Waals surface area contributed by atoms with Crippen molar-refractivity contribution in [1.82, 2.24) is 19.5 Å². The predicted molar refractivity (Wildman–Crippen MR) is 230 cm³/mol. The molecule has 0 aliphatic rings. The SMILES string of the molecule is c1ccc(-c2nc(-c3ccccc3)nc(-c3cc4ccccc4c4oc5ccc(-n6c7cc8ccccc8cc7c7c8ccccc8ccc76)cc5c34)n2)cc1. The Morgan fingerprint density at radius 3 is 1.71 bits per heavy atom. The summed E-state index contributed by atoms with van der Waals surface area (Å²) in [6.45, 7) is 0. The zero-order valence-corrected chi connectivity index (χ0v) is 30.0. The van der Waals surface area contributed by atoms with Gasteiger partial charge in [-0.3, -0.25) is 0 Å². The van der Waals surface area contributed by atoms with Crippen molar-refractivity contribution in [2.24, 2.45) is 0 Å². The van der Waals surface area contributed by atoms with Gasteiger partial charge in [-0.15, -0.1) is 0 Å². The lowest BCUT2D eigenvalue weighted by atomic mass is 9.99. The third-order valence-electron chi connectivity index (χ3n) is 11.2. The molecule has 3 aromatic heterocycles. The summed E-state index contributed by atoms with van der Waals surface area (Å²) in [5.74, 6) is 1.83. The Morgan fingerprint density at radius 2 is 0.982 bits per heavy atom. The summed E-state index contributed by atoms with van der Waals surface area (Å²) < 4.78 is 9.25. The van der Waals surface area contributed by atoms with Crippen molar-refractivity contribution in [2.75, 3.05) is 0 Å². The van der Waals surface area contributed by atoms with E-state index in [0.29, 0.717) is 17.5 Å². The van der Waals surface area contributed by atoms with Gasteiger partial charge in [0.15, 0.2) is 17.5 Å². The van der Waals surface area contributed by atoms with Gasteiger partial charge in [-0.05, 0) is 69.4 Å². The van der Waals surface area contributed by atoms with Crippen LogP contribution in [0.4, 0.5) is 0 Å². The molecule has 0 bridgehead atoms. The molecule has 0 spiro atoms.